The third-order valence-electron chi connectivity index (χ3n) is 3.44. The summed E-state index contributed by atoms with van der Waals surface area (Å²) in [6.07, 6.45) is 5.06. The Labute approximate surface area is 112 Å². The number of fused-ring (bicyclic) bond motifs is 1. The third-order valence-corrected chi connectivity index (χ3v) is 5.98. The first-order chi connectivity index (χ1) is 8.46. The molecule has 18 heavy (non-hydrogen) atoms. The molecule has 0 spiro atoms. The van der Waals surface area contributed by atoms with E-state index in [4.69, 9.17) is 0 Å². The van der Waals surface area contributed by atoms with Crippen LogP contribution in [0.4, 0.5) is 4.79 Å². The van der Waals surface area contributed by atoms with Crippen LogP contribution < -0.4 is 10.6 Å². The van der Waals surface area contributed by atoms with Crippen LogP contribution in [0.25, 0.3) is 0 Å². The second kappa shape index (κ2) is 5.69. The molecule has 0 radical (unpaired) electrons. The largest absolute Gasteiger partial charge is 0.332 e. The lowest BCUT2D eigenvalue weighted by Gasteiger charge is -2.16. The normalized spacial score (nSPS) is 30.9. The van der Waals surface area contributed by atoms with E-state index in [-0.39, 0.29) is 23.9 Å². The van der Waals surface area contributed by atoms with E-state index in [0.29, 0.717) is 5.25 Å². The zero-order chi connectivity index (χ0) is 13.2. The minimum atomic E-state index is -2.82. The number of hydrogen-bond acceptors (Lipinski definition) is 4. The van der Waals surface area contributed by atoms with Crippen molar-refractivity contribution in [3.8, 4) is 0 Å². The number of urea groups is 1. The molecule has 7 heteroatoms. The molecule has 2 rings (SSSR count). The number of rotatable bonds is 6. The predicted octanol–water partition coefficient (Wildman–Crippen LogP) is 0.757. The molecule has 2 N–H and O–H groups in total. The second-order valence-electron chi connectivity index (χ2n) is 5.10. The number of hydrogen-bond donors (Lipinski definition) is 2. The first-order valence-electron chi connectivity index (χ1n) is 6.32. The van der Waals surface area contributed by atoms with Crippen molar-refractivity contribution in [2.75, 3.05) is 17.8 Å². The molecule has 2 amide bonds. The van der Waals surface area contributed by atoms with Crippen LogP contribution in [0.3, 0.4) is 0 Å². The SMILES string of the molecule is CS(=O)(=O)CCCCCC1SCC2NC(=O)NC21. The average Bonchev–Trinajstić information content (AvgIpc) is 2.76. The summed E-state index contributed by atoms with van der Waals surface area (Å²) >= 11 is 1.90. The van der Waals surface area contributed by atoms with E-state index in [0.717, 1.165) is 31.4 Å². The number of sulfone groups is 1. The summed E-state index contributed by atoms with van der Waals surface area (Å²) in [5.74, 6) is 1.27. The summed E-state index contributed by atoms with van der Waals surface area (Å²) in [6.45, 7) is 0. The first-order valence-corrected chi connectivity index (χ1v) is 9.43. The van der Waals surface area contributed by atoms with E-state index in [2.05, 4.69) is 10.6 Å². The highest BCUT2D eigenvalue weighted by molar-refractivity contribution is 8.00. The minimum absolute atomic E-state index is 0.0487. The van der Waals surface area contributed by atoms with Gasteiger partial charge in [-0.25, -0.2) is 13.2 Å². The highest BCUT2D eigenvalue weighted by atomic mass is 32.2. The molecule has 2 aliphatic heterocycles. The predicted molar refractivity (Wildman–Crippen MR) is 73.7 cm³/mol. The smallest absolute Gasteiger partial charge is 0.315 e. The van der Waals surface area contributed by atoms with E-state index >= 15 is 0 Å². The Morgan fingerprint density at radius 1 is 1.28 bits per heavy atom. The summed E-state index contributed by atoms with van der Waals surface area (Å²) in [7, 11) is -2.82. The molecule has 2 heterocycles. The van der Waals surface area contributed by atoms with Gasteiger partial charge >= 0.3 is 6.03 Å². The summed E-state index contributed by atoms with van der Waals surface area (Å²) in [5.41, 5.74) is 0. The van der Waals surface area contributed by atoms with Crippen LogP contribution in [0, 0.1) is 0 Å². The maximum atomic E-state index is 11.2. The van der Waals surface area contributed by atoms with E-state index in [9.17, 15) is 13.2 Å². The number of unbranched alkanes of at least 4 members (excludes halogenated alkanes) is 2. The van der Waals surface area contributed by atoms with Gasteiger partial charge in [-0.15, -0.1) is 0 Å². The van der Waals surface area contributed by atoms with Crippen molar-refractivity contribution in [3.63, 3.8) is 0 Å². The van der Waals surface area contributed by atoms with E-state index in [1.54, 1.807) is 0 Å². The number of carbonyl (C=O) groups is 1. The fraction of sp³-hybridized carbons (Fsp3) is 0.909. The average molecular weight is 292 g/mol. The van der Waals surface area contributed by atoms with Crippen molar-refractivity contribution in [2.45, 2.75) is 43.0 Å². The highest BCUT2D eigenvalue weighted by Gasteiger charge is 2.42. The highest BCUT2D eigenvalue weighted by Crippen LogP contribution is 2.33. The topological polar surface area (TPSA) is 75.3 Å². The Morgan fingerprint density at radius 3 is 2.78 bits per heavy atom. The van der Waals surface area contributed by atoms with Gasteiger partial charge < -0.3 is 10.6 Å². The first kappa shape index (κ1) is 14.0. The van der Waals surface area contributed by atoms with Crippen molar-refractivity contribution in [1.29, 1.82) is 0 Å². The van der Waals surface area contributed by atoms with Gasteiger partial charge in [-0.2, -0.15) is 11.8 Å². The number of amides is 2. The quantitative estimate of drug-likeness (QED) is 0.560. The fourth-order valence-corrected chi connectivity index (χ4v) is 4.80. The molecule has 3 unspecified atom stereocenters. The summed E-state index contributed by atoms with van der Waals surface area (Å²) in [4.78, 5) is 11.2. The molecule has 0 aromatic heterocycles. The molecule has 2 fully saturated rings. The zero-order valence-electron chi connectivity index (χ0n) is 10.5. The molecule has 0 aromatic rings. The summed E-state index contributed by atoms with van der Waals surface area (Å²) < 4.78 is 22.0. The summed E-state index contributed by atoms with van der Waals surface area (Å²) in [6, 6.07) is 0.494. The van der Waals surface area contributed by atoms with Gasteiger partial charge in [0.25, 0.3) is 0 Å². The lowest BCUT2D eigenvalue weighted by Crippen LogP contribution is -2.36. The Balaban J connectivity index is 1.64. The molecule has 0 aliphatic carbocycles. The molecule has 3 atom stereocenters. The van der Waals surface area contributed by atoms with Crippen molar-refractivity contribution in [2.24, 2.45) is 0 Å². The van der Waals surface area contributed by atoms with Gasteiger partial charge in [-0.3, -0.25) is 0 Å². The van der Waals surface area contributed by atoms with Crippen molar-refractivity contribution >= 4 is 27.6 Å². The van der Waals surface area contributed by atoms with Gasteiger partial charge in [-0.1, -0.05) is 12.8 Å². The molecular weight excluding hydrogens is 272 g/mol. The Bertz CT molecular complexity index is 411. The van der Waals surface area contributed by atoms with Crippen molar-refractivity contribution in [1.82, 2.24) is 10.6 Å². The van der Waals surface area contributed by atoms with Gasteiger partial charge in [0, 0.05) is 23.0 Å². The molecule has 104 valence electrons. The van der Waals surface area contributed by atoms with Gasteiger partial charge in [0.05, 0.1) is 12.1 Å². The van der Waals surface area contributed by atoms with Crippen LogP contribution in [-0.2, 0) is 9.84 Å². The molecule has 2 saturated heterocycles. The molecular formula is C11H20N2O3S2. The molecule has 0 aromatic carbocycles. The van der Waals surface area contributed by atoms with Crippen molar-refractivity contribution < 1.29 is 13.2 Å². The van der Waals surface area contributed by atoms with E-state index in [1.807, 2.05) is 11.8 Å². The summed E-state index contributed by atoms with van der Waals surface area (Å²) in [5, 5.41) is 6.36. The van der Waals surface area contributed by atoms with Crippen LogP contribution in [0.15, 0.2) is 0 Å². The van der Waals surface area contributed by atoms with Gasteiger partial charge in [0.1, 0.15) is 9.84 Å². The van der Waals surface area contributed by atoms with Crippen molar-refractivity contribution in [3.05, 3.63) is 0 Å². The number of nitrogens with one attached hydrogen (secondary N) is 2. The third kappa shape index (κ3) is 3.78. The Hall–Kier alpha value is -0.430. The van der Waals surface area contributed by atoms with Crippen LogP contribution >= 0.6 is 11.8 Å². The lowest BCUT2D eigenvalue weighted by atomic mass is 10.0. The van der Waals surface area contributed by atoms with Crippen LogP contribution in [0.2, 0.25) is 0 Å². The standard InChI is InChI=1S/C11H20N2O3S2/c1-18(15,16)6-4-2-3-5-9-10-8(7-17-9)12-11(14)13-10/h8-10H,2-7H2,1H3,(H2,12,13,14). The van der Waals surface area contributed by atoms with Crippen LogP contribution in [0.5, 0.6) is 0 Å². The maximum Gasteiger partial charge on any atom is 0.315 e. The second-order valence-corrected chi connectivity index (χ2v) is 8.63. The minimum Gasteiger partial charge on any atom is -0.332 e. The number of carbonyl (C=O) groups excluding carboxylic acids is 1. The monoisotopic (exact) mass is 292 g/mol. The molecule has 0 saturated carbocycles. The molecule has 0 bridgehead atoms. The van der Waals surface area contributed by atoms with E-state index < -0.39 is 9.84 Å². The van der Waals surface area contributed by atoms with Crippen LogP contribution in [-0.4, -0.2) is 49.5 Å². The Morgan fingerprint density at radius 2 is 2.06 bits per heavy atom. The fourth-order valence-electron chi connectivity index (χ4n) is 2.53. The van der Waals surface area contributed by atoms with Gasteiger partial charge in [0.2, 0.25) is 0 Å². The van der Waals surface area contributed by atoms with E-state index in [1.165, 1.54) is 6.26 Å². The van der Waals surface area contributed by atoms with Gasteiger partial charge in [-0.05, 0) is 12.8 Å². The molecule has 5 nitrogen and oxygen atoms in total. The maximum absolute atomic E-state index is 11.2. The molecule has 2 aliphatic rings. The zero-order valence-corrected chi connectivity index (χ0v) is 12.1. The Kier molecular flexibility index (Phi) is 4.42. The van der Waals surface area contributed by atoms with Crippen LogP contribution in [0.1, 0.15) is 25.7 Å². The number of thioether (sulfide) groups is 1. The van der Waals surface area contributed by atoms with Gasteiger partial charge in [0.15, 0.2) is 0 Å². The lowest BCUT2D eigenvalue weighted by molar-refractivity contribution is 0.247.